The van der Waals surface area contributed by atoms with Gasteiger partial charge in [-0.3, -0.25) is 14.4 Å². The van der Waals surface area contributed by atoms with E-state index in [4.69, 9.17) is 14.2 Å². The molecule has 0 spiro atoms. The monoisotopic (exact) mass is 743 g/mol. The highest BCUT2D eigenvalue weighted by Gasteiger charge is 2.19. The van der Waals surface area contributed by atoms with Crippen molar-refractivity contribution in [3.05, 3.63) is 48.6 Å². The summed E-state index contributed by atoms with van der Waals surface area (Å²) < 4.78 is 16.6. The van der Waals surface area contributed by atoms with Gasteiger partial charge in [0.15, 0.2) is 6.10 Å². The highest BCUT2D eigenvalue weighted by molar-refractivity contribution is 5.71. The van der Waals surface area contributed by atoms with Crippen LogP contribution in [0.15, 0.2) is 48.6 Å². The second-order valence-electron chi connectivity index (χ2n) is 14.6. The zero-order valence-corrected chi connectivity index (χ0v) is 34.8. The quantitative estimate of drug-likeness (QED) is 0.0270. The van der Waals surface area contributed by atoms with Crippen molar-refractivity contribution in [1.82, 2.24) is 0 Å². The molecule has 1 unspecified atom stereocenters. The Morgan fingerprint density at radius 3 is 1.25 bits per heavy atom. The molecular formula is C47H82O6. The number of carbonyl (C=O) groups is 3. The normalized spacial score (nSPS) is 12.4. The van der Waals surface area contributed by atoms with Crippen molar-refractivity contribution < 1.29 is 28.6 Å². The summed E-state index contributed by atoms with van der Waals surface area (Å²) in [5.41, 5.74) is 0. The van der Waals surface area contributed by atoms with Crippen LogP contribution in [0, 0.1) is 0 Å². The van der Waals surface area contributed by atoms with Gasteiger partial charge >= 0.3 is 17.9 Å². The SMILES string of the molecule is CC/C=C\C/C=C\C/C=C\CCCCCCCCCC(=O)OCC(COC(=O)CCCCCCCCCC)OC(=O)CCCCCCC/C=C\CCC. The Hall–Kier alpha value is -2.63. The molecule has 0 radical (unpaired) electrons. The number of unbranched alkanes of at least 4 members (excludes halogenated alkanes) is 20. The summed E-state index contributed by atoms with van der Waals surface area (Å²) in [4.78, 5) is 37.6. The topological polar surface area (TPSA) is 78.9 Å². The second kappa shape index (κ2) is 42.1. The largest absolute Gasteiger partial charge is 0.462 e. The molecule has 0 bridgehead atoms. The average Bonchev–Trinajstić information content (AvgIpc) is 3.15. The Balaban J connectivity index is 4.31. The van der Waals surface area contributed by atoms with E-state index in [1.54, 1.807) is 0 Å². The molecule has 0 aromatic carbocycles. The lowest BCUT2D eigenvalue weighted by Crippen LogP contribution is -2.30. The van der Waals surface area contributed by atoms with Crippen molar-refractivity contribution in [1.29, 1.82) is 0 Å². The number of rotatable bonds is 39. The van der Waals surface area contributed by atoms with Gasteiger partial charge < -0.3 is 14.2 Å². The van der Waals surface area contributed by atoms with Gasteiger partial charge in [-0.05, 0) is 70.6 Å². The van der Waals surface area contributed by atoms with E-state index in [9.17, 15) is 14.4 Å². The minimum atomic E-state index is -0.775. The van der Waals surface area contributed by atoms with Gasteiger partial charge in [-0.15, -0.1) is 0 Å². The summed E-state index contributed by atoms with van der Waals surface area (Å²) in [7, 11) is 0. The molecule has 0 aliphatic carbocycles. The molecule has 6 nitrogen and oxygen atoms in total. The van der Waals surface area contributed by atoms with E-state index in [0.29, 0.717) is 19.3 Å². The predicted molar refractivity (Wildman–Crippen MR) is 224 cm³/mol. The van der Waals surface area contributed by atoms with Crippen LogP contribution in [0.25, 0.3) is 0 Å². The lowest BCUT2D eigenvalue weighted by Gasteiger charge is -2.18. The Labute approximate surface area is 327 Å². The fourth-order valence-corrected chi connectivity index (χ4v) is 5.99. The van der Waals surface area contributed by atoms with E-state index in [1.807, 2.05) is 0 Å². The molecule has 0 saturated carbocycles. The third-order valence-electron chi connectivity index (χ3n) is 9.30. The molecule has 0 aromatic rings. The first kappa shape index (κ1) is 50.4. The maximum Gasteiger partial charge on any atom is 0.306 e. The Kier molecular flexibility index (Phi) is 40.0. The molecule has 1 atom stereocenters. The van der Waals surface area contributed by atoms with Gasteiger partial charge in [0.05, 0.1) is 0 Å². The summed E-state index contributed by atoms with van der Waals surface area (Å²) in [5.74, 6) is -0.907. The molecule has 0 heterocycles. The van der Waals surface area contributed by atoms with E-state index in [1.165, 1.54) is 70.6 Å². The van der Waals surface area contributed by atoms with Crippen molar-refractivity contribution in [3.63, 3.8) is 0 Å². The van der Waals surface area contributed by atoms with E-state index < -0.39 is 6.10 Å². The number of hydrogen-bond acceptors (Lipinski definition) is 6. The Morgan fingerprint density at radius 1 is 0.396 bits per heavy atom. The summed E-state index contributed by atoms with van der Waals surface area (Å²) >= 11 is 0. The maximum absolute atomic E-state index is 12.6. The van der Waals surface area contributed by atoms with E-state index >= 15 is 0 Å². The van der Waals surface area contributed by atoms with Gasteiger partial charge in [0, 0.05) is 19.3 Å². The van der Waals surface area contributed by atoms with Crippen LogP contribution < -0.4 is 0 Å². The zero-order valence-electron chi connectivity index (χ0n) is 34.8. The van der Waals surface area contributed by atoms with Crippen molar-refractivity contribution in [3.8, 4) is 0 Å². The molecule has 0 saturated heterocycles. The van der Waals surface area contributed by atoms with Crippen LogP contribution in [0.3, 0.4) is 0 Å². The number of allylic oxidation sites excluding steroid dienone is 8. The number of hydrogen-bond donors (Lipinski definition) is 0. The molecule has 306 valence electrons. The first-order valence-corrected chi connectivity index (χ1v) is 22.1. The summed E-state index contributed by atoms with van der Waals surface area (Å²) in [6, 6.07) is 0. The van der Waals surface area contributed by atoms with Gasteiger partial charge in [0.25, 0.3) is 0 Å². The third-order valence-corrected chi connectivity index (χ3v) is 9.30. The molecular weight excluding hydrogens is 661 g/mol. The molecule has 0 rings (SSSR count). The van der Waals surface area contributed by atoms with Crippen LogP contribution in [0.5, 0.6) is 0 Å². The standard InChI is InChI=1S/C47H82O6/c1-4-7-10-13-16-19-21-22-23-24-25-26-27-29-31-34-37-40-46(49)52-43-44(42-51-45(48)39-36-33-30-18-15-12-9-6-3)53-47(50)41-38-35-32-28-20-17-14-11-8-5-2/h7,10-11,14,16,19,22-23,44H,4-6,8-9,12-13,15,17-18,20-21,24-43H2,1-3H3/b10-7-,14-11-,19-16-,23-22-. The van der Waals surface area contributed by atoms with Gasteiger partial charge in [0.2, 0.25) is 0 Å². The van der Waals surface area contributed by atoms with Crippen molar-refractivity contribution in [2.24, 2.45) is 0 Å². The zero-order chi connectivity index (χ0) is 38.7. The molecule has 53 heavy (non-hydrogen) atoms. The minimum Gasteiger partial charge on any atom is -0.462 e. The Bertz CT molecular complexity index is 949. The third kappa shape index (κ3) is 40.4. The van der Waals surface area contributed by atoms with Gasteiger partial charge in [-0.1, -0.05) is 172 Å². The number of carbonyl (C=O) groups excluding carboxylic acids is 3. The summed E-state index contributed by atoms with van der Waals surface area (Å²) in [5, 5.41) is 0. The fourth-order valence-electron chi connectivity index (χ4n) is 5.99. The highest BCUT2D eigenvalue weighted by atomic mass is 16.6. The lowest BCUT2D eigenvalue weighted by atomic mass is 10.1. The second-order valence-corrected chi connectivity index (χ2v) is 14.6. The lowest BCUT2D eigenvalue weighted by molar-refractivity contribution is -0.167. The fraction of sp³-hybridized carbons (Fsp3) is 0.766. The van der Waals surface area contributed by atoms with Crippen LogP contribution in [-0.4, -0.2) is 37.2 Å². The Morgan fingerprint density at radius 2 is 0.774 bits per heavy atom. The maximum atomic E-state index is 12.6. The first-order chi connectivity index (χ1) is 26.0. The van der Waals surface area contributed by atoms with Gasteiger partial charge in [-0.2, -0.15) is 0 Å². The van der Waals surface area contributed by atoms with Crippen LogP contribution in [0.2, 0.25) is 0 Å². The van der Waals surface area contributed by atoms with Gasteiger partial charge in [0.1, 0.15) is 13.2 Å². The van der Waals surface area contributed by atoms with Crippen LogP contribution in [-0.2, 0) is 28.6 Å². The molecule has 0 aliphatic heterocycles. The van der Waals surface area contributed by atoms with Crippen LogP contribution in [0.1, 0.15) is 213 Å². The summed E-state index contributed by atoms with van der Waals surface area (Å²) in [6.07, 6.45) is 48.1. The average molecular weight is 743 g/mol. The number of ether oxygens (including phenoxy) is 3. The van der Waals surface area contributed by atoms with Crippen molar-refractivity contribution in [2.75, 3.05) is 13.2 Å². The number of esters is 3. The predicted octanol–water partition coefficient (Wildman–Crippen LogP) is 14.0. The smallest absolute Gasteiger partial charge is 0.306 e. The molecule has 0 fully saturated rings. The summed E-state index contributed by atoms with van der Waals surface area (Å²) in [6.45, 7) is 6.41. The molecule has 0 N–H and O–H groups in total. The van der Waals surface area contributed by atoms with Crippen molar-refractivity contribution in [2.45, 2.75) is 219 Å². The van der Waals surface area contributed by atoms with Crippen LogP contribution in [0.4, 0.5) is 0 Å². The van der Waals surface area contributed by atoms with Crippen molar-refractivity contribution >= 4 is 17.9 Å². The molecule has 0 amide bonds. The van der Waals surface area contributed by atoms with E-state index in [2.05, 4.69) is 69.4 Å². The van der Waals surface area contributed by atoms with E-state index in [-0.39, 0.29) is 31.1 Å². The molecule has 6 heteroatoms. The minimum absolute atomic E-state index is 0.0792. The van der Waals surface area contributed by atoms with Crippen LogP contribution >= 0.6 is 0 Å². The van der Waals surface area contributed by atoms with E-state index in [0.717, 1.165) is 103 Å². The highest BCUT2D eigenvalue weighted by Crippen LogP contribution is 2.13. The first-order valence-electron chi connectivity index (χ1n) is 22.1. The molecule has 0 aromatic heterocycles. The molecule has 0 aliphatic rings. The van der Waals surface area contributed by atoms with Gasteiger partial charge in [-0.25, -0.2) is 0 Å².